The van der Waals surface area contributed by atoms with Gasteiger partial charge in [-0.1, -0.05) is 19.4 Å². The molecule has 84 valence electrons. The number of thiol groups is 1. The molecular weight excluding hydrogens is 227 g/mol. The number of hydrogen-bond donors (Lipinski definition) is 1. The minimum Gasteiger partial charge on any atom is -0.207 e. The van der Waals surface area contributed by atoms with Crippen molar-refractivity contribution in [2.24, 2.45) is 5.92 Å². The molecule has 0 N–H and O–H groups in total. The second-order valence-corrected chi connectivity index (χ2v) is 5.06. The molecule has 1 aromatic carbocycles. The van der Waals surface area contributed by atoms with Gasteiger partial charge < -0.3 is 0 Å². The van der Waals surface area contributed by atoms with Gasteiger partial charge >= 0.3 is 0 Å². The number of halogens is 1. The molecule has 1 rings (SSSR count). The summed E-state index contributed by atoms with van der Waals surface area (Å²) in [6.07, 6.45) is 2.39. The predicted molar refractivity (Wildman–Crippen MR) is 69.4 cm³/mol. The Labute approximate surface area is 101 Å². The van der Waals surface area contributed by atoms with Crippen molar-refractivity contribution in [2.45, 2.75) is 24.7 Å². The van der Waals surface area contributed by atoms with Gasteiger partial charge in [-0.15, -0.1) is 11.8 Å². The lowest BCUT2D eigenvalue weighted by Gasteiger charge is -2.12. The van der Waals surface area contributed by atoms with E-state index in [4.69, 9.17) is 0 Å². The summed E-state index contributed by atoms with van der Waals surface area (Å²) in [7, 11) is 0. The van der Waals surface area contributed by atoms with E-state index in [0.29, 0.717) is 5.92 Å². The second-order valence-electron chi connectivity index (χ2n) is 3.61. The molecule has 0 aliphatic carbocycles. The Hall–Kier alpha value is -0.150. The topological polar surface area (TPSA) is 0 Å². The molecule has 3 heteroatoms. The van der Waals surface area contributed by atoms with Crippen molar-refractivity contribution in [3.05, 3.63) is 30.1 Å². The Morgan fingerprint density at radius 2 is 2.27 bits per heavy atom. The maximum absolute atomic E-state index is 12.9. The van der Waals surface area contributed by atoms with Crippen molar-refractivity contribution < 1.29 is 4.39 Å². The summed E-state index contributed by atoms with van der Waals surface area (Å²) in [5.74, 6) is 2.42. The van der Waals surface area contributed by atoms with Gasteiger partial charge in [0.2, 0.25) is 0 Å². The van der Waals surface area contributed by atoms with E-state index in [-0.39, 0.29) is 5.82 Å². The minimum atomic E-state index is -0.155. The maximum Gasteiger partial charge on any atom is 0.124 e. The number of rotatable bonds is 6. The molecule has 15 heavy (non-hydrogen) atoms. The van der Waals surface area contributed by atoms with Gasteiger partial charge in [0.15, 0.2) is 0 Å². The van der Waals surface area contributed by atoms with Crippen molar-refractivity contribution in [3.63, 3.8) is 0 Å². The highest BCUT2D eigenvalue weighted by Gasteiger charge is 2.06. The normalized spacial score (nSPS) is 12.7. The number of hydrogen-bond acceptors (Lipinski definition) is 2. The summed E-state index contributed by atoms with van der Waals surface area (Å²) >= 11 is 6.05. The standard InChI is InChI=1S/C12H17FS2/c1-2-4-10(8-14)9-15-12-6-3-5-11(13)7-12/h3,5-7,10,14H,2,4,8-9H2,1H3. The molecule has 0 radical (unpaired) electrons. The van der Waals surface area contributed by atoms with Gasteiger partial charge in [0.1, 0.15) is 5.82 Å². The van der Waals surface area contributed by atoms with E-state index in [2.05, 4.69) is 19.6 Å². The molecule has 1 atom stereocenters. The average molecular weight is 244 g/mol. The van der Waals surface area contributed by atoms with Crippen LogP contribution in [0.25, 0.3) is 0 Å². The van der Waals surface area contributed by atoms with Crippen LogP contribution in [0, 0.1) is 11.7 Å². The third-order valence-electron chi connectivity index (χ3n) is 2.24. The van der Waals surface area contributed by atoms with Gasteiger partial charge in [0.05, 0.1) is 0 Å². The third kappa shape index (κ3) is 4.94. The Balaban J connectivity index is 2.41. The molecule has 0 aromatic heterocycles. The summed E-state index contributed by atoms with van der Waals surface area (Å²) in [6, 6.07) is 6.78. The largest absolute Gasteiger partial charge is 0.207 e. The van der Waals surface area contributed by atoms with Crippen LogP contribution in [0.3, 0.4) is 0 Å². The van der Waals surface area contributed by atoms with E-state index in [1.165, 1.54) is 18.9 Å². The lowest BCUT2D eigenvalue weighted by atomic mass is 10.1. The van der Waals surface area contributed by atoms with E-state index in [9.17, 15) is 4.39 Å². The van der Waals surface area contributed by atoms with Gasteiger partial charge in [-0.2, -0.15) is 12.6 Å². The Morgan fingerprint density at radius 3 is 2.87 bits per heavy atom. The highest BCUT2D eigenvalue weighted by Crippen LogP contribution is 2.23. The first kappa shape index (κ1) is 12.9. The zero-order chi connectivity index (χ0) is 11.1. The van der Waals surface area contributed by atoms with Crippen LogP contribution in [0.4, 0.5) is 4.39 Å². The molecule has 0 bridgehead atoms. The van der Waals surface area contributed by atoms with Crippen LogP contribution in [0.15, 0.2) is 29.2 Å². The van der Waals surface area contributed by atoms with Crippen LogP contribution in [-0.4, -0.2) is 11.5 Å². The molecule has 0 amide bonds. The Bertz CT molecular complexity index is 289. The van der Waals surface area contributed by atoms with E-state index in [1.807, 2.05) is 6.07 Å². The van der Waals surface area contributed by atoms with Crippen LogP contribution in [0.5, 0.6) is 0 Å². The smallest absolute Gasteiger partial charge is 0.124 e. The fourth-order valence-electron chi connectivity index (χ4n) is 1.41. The molecule has 0 nitrogen and oxygen atoms in total. The fourth-order valence-corrected chi connectivity index (χ4v) is 2.98. The monoisotopic (exact) mass is 244 g/mol. The van der Waals surface area contributed by atoms with Gasteiger partial charge in [-0.25, -0.2) is 4.39 Å². The van der Waals surface area contributed by atoms with E-state index < -0.39 is 0 Å². The number of benzene rings is 1. The average Bonchev–Trinajstić information content (AvgIpc) is 2.24. The summed E-state index contributed by atoms with van der Waals surface area (Å²) in [5, 5.41) is 0. The van der Waals surface area contributed by atoms with Crippen LogP contribution < -0.4 is 0 Å². The minimum absolute atomic E-state index is 0.155. The van der Waals surface area contributed by atoms with Crippen molar-refractivity contribution in [1.82, 2.24) is 0 Å². The van der Waals surface area contributed by atoms with Gasteiger partial charge in [0, 0.05) is 10.6 Å². The van der Waals surface area contributed by atoms with Crippen LogP contribution in [0.2, 0.25) is 0 Å². The first-order valence-corrected chi connectivity index (χ1v) is 6.87. The fraction of sp³-hybridized carbons (Fsp3) is 0.500. The molecule has 0 saturated carbocycles. The van der Waals surface area contributed by atoms with E-state index >= 15 is 0 Å². The Morgan fingerprint density at radius 1 is 1.47 bits per heavy atom. The van der Waals surface area contributed by atoms with Crippen molar-refractivity contribution in [3.8, 4) is 0 Å². The molecule has 0 fully saturated rings. The molecule has 1 aromatic rings. The molecule has 0 aliphatic heterocycles. The quantitative estimate of drug-likeness (QED) is 0.576. The first-order valence-electron chi connectivity index (χ1n) is 5.25. The van der Waals surface area contributed by atoms with Crippen molar-refractivity contribution in [1.29, 1.82) is 0 Å². The molecule has 0 aliphatic rings. The summed E-state index contributed by atoms with van der Waals surface area (Å²) in [4.78, 5) is 1.01. The van der Waals surface area contributed by atoms with Crippen molar-refractivity contribution >= 4 is 24.4 Å². The van der Waals surface area contributed by atoms with Gasteiger partial charge in [-0.3, -0.25) is 0 Å². The highest BCUT2D eigenvalue weighted by atomic mass is 32.2. The third-order valence-corrected chi connectivity index (χ3v) is 3.98. The molecule has 1 unspecified atom stereocenters. The highest BCUT2D eigenvalue weighted by molar-refractivity contribution is 7.99. The van der Waals surface area contributed by atoms with Crippen LogP contribution in [-0.2, 0) is 0 Å². The molecule has 0 spiro atoms. The summed E-state index contributed by atoms with van der Waals surface area (Å²) in [6.45, 7) is 2.18. The summed E-state index contributed by atoms with van der Waals surface area (Å²) < 4.78 is 12.9. The van der Waals surface area contributed by atoms with Crippen LogP contribution >= 0.6 is 24.4 Å². The first-order chi connectivity index (χ1) is 7.26. The van der Waals surface area contributed by atoms with Crippen LogP contribution in [0.1, 0.15) is 19.8 Å². The molecular formula is C12H17FS2. The summed E-state index contributed by atoms with van der Waals surface area (Å²) in [5.41, 5.74) is 0. The molecule has 0 heterocycles. The van der Waals surface area contributed by atoms with Gasteiger partial charge in [0.25, 0.3) is 0 Å². The predicted octanol–water partition coefficient (Wildman–Crippen LogP) is 4.26. The lowest BCUT2D eigenvalue weighted by Crippen LogP contribution is -2.04. The zero-order valence-corrected chi connectivity index (χ0v) is 10.7. The van der Waals surface area contributed by atoms with Crippen molar-refractivity contribution in [2.75, 3.05) is 11.5 Å². The van der Waals surface area contributed by atoms with E-state index in [0.717, 1.165) is 16.4 Å². The lowest BCUT2D eigenvalue weighted by molar-refractivity contribution is 0.595. The Kier molecular flexibility index (Phi) is 6.18. The second kappa shape index (κ2) is 7.18. The van der Waals surface area contributed by atoms with Gasteiger partial charge in [-0.05, 0) is 36.3 Å². The SMILES string of the molecule is CCCC(CS)CSc1cccc(F)c1. The molecule has 0 saturated heterocycles. The number of thioether (sulfide) groups is 1. The van der Waals surface area contributed by atoms with E-state index in [1.54, 1.807) is 23.9 Å². The maximum atomic E-state index is 12.9. The zero-order valence-electron chi connectivity index (χ0n) is 8.95.